The van der Waals surface area contributed by atoms with E-state index >= 15 is 0 Å². The minimum Gasteiger partial charge on any atom is -0.378 e. The molecule has 0 aromatic heterocycles. The molecule has 0 atom stereocenters. The van der Waals surface area contributed by atoms with Crippen molar-refractivity contribution in [1.82, 2.24) is 9.21 Å². The van der Waals surface area contributed by atoms with E-state index in [1.807, 2.05) is 6.08 Å². The first-order valence-corrected chi connectivity index (χ1v) is 12.4. The van der Waals surface area contributed by atoms with E-state index in [0.717, 1.165) is 51.8 Å². The van der Waals surface area contributed by atoms with Gasteiger partial charge in [0.25, 0.3) is 0 Å². The lowest BCUT2D eigenvalue weighted by Crippen LogP contribution is -2.40. The molecule has 1 aromatic carbocycles. The molecule has 0 radical (unpaired) electrons. The number of rotatable bonds is 13. The number of benzene rings is 1. The van der Waals surface area contributed by atoms with Gasteiger partial charge in [0.05, 0.1) is 11.0 Å². The molecular weight excluding hydrogens is 403 g/mol. The number of likely N-dealkylation sites (N-methyl/N-ethyl adjacent to an activating group) is 1. The summed E-state index contributed by atoms with van der Waals surface area (Å²) in [5.41, 5.74) is 0. The molecule has 0 bridgehead atoms. The lowest BCUT2D eigenvalue weighted by Gasteiger charge is -2.34. The second-order valence-electron chi connectivity index (χ2n) is 8.24. The van der Waals surface area contributed by atoms with Crippen molar-refractivity contribution in [1.29, 1.82) is 0 Å². The topological polar surface area (TPSA) is 49.9 Å². The van der Waals surface area contributed by atoms with E-state index in [0.29, 0.717) is 0 Å². The van der Waals surface area contributed by atoms with Gasteiger partial charge in [0.1, 0.15) is 5.82 Å². The Kier molecular flexibility index (Phi) is 10.4. The fourth-order valence-corrected chi connectivity index (χ4v) is 5.36. The molecule has 1 aromatic rings. The highest BCUT2D eigenvalue weighted by molar-refractivity contribution is 7.89. The number of nitrogens with zero attached hydrogens (tertiary/aromatic N) is 2. The minimum atomic E-state index is -3.60. The Balaban J connectivity index is 1.64. The van der Waals surface area contributed by atoms with Crippen LogP contribution in [-0.2, 0) is 14.8 Å². The van der Waals surface area contributed by atoms with Crippen molar-refractivity contribution in [3.63, 3.8) is 0 Å². The first-order chi connectivity index (χ1) is 14.3. The normalized spacial score (nSPS) is 20.0. The highest BCUT2D eigenvalue weighted by Gasteiger charge is 2.31. The first-order valence-electron chi connectivity index (χ1n) is 11.0. The molecule has 7 heteroatoms. The zero-order valence-corrected chi connectivity index (χ0v) is 19.2. The standard InChI is InChI=1S/C23H37FN2O3S/c1-4-17-25(2)18-7-5-6-8-19-29-22-13-11-21(12-14-22)26(3)30(27,28)23-15-9-20(24)10-16-23/h4,9-10,15-16,21-22H,1,5-8,11-14,17-19H2,2-3H3. The Morgan fingerprint density at radius 2 is 1.70 bits per heavy atom. The number of ether oxygens (including phenoxy) is 1. The van der Waals surface area contributed by atoms with E-state index in [-0.39, 0.29) is 17.0 Å². The van der Waals surface area contributed by atoms with Gasteiger partial charge in [-0.3, -0.25) is 0 Å². The predicted molar refractivity (Wildman–Crippen MR) is 120 cm³/mol. The molecule has 0 amide bonds. The van der Waals surface area contributed by atoms with Crippen molar-refractivity contribution >= 4 is 10.0 Å². The number of sulfonamides is 1. The van der Waals surface area contributed by atoms with Crippen LogP contribution in [0.1, 0.15) is 51.4 Å². The maximum Gasteiger partial charge on any atom is 0.243 e. The molecule has 0 N–H and O–H groups in total. The Morgan fingerprint density at radius 1 is 1.07 bits per heavy atom. The van der Waals surface area contributed by atoms with E-state index in [4.69, 9.17) is 4.74 Å². The molecule has 0 aliphatic heterocycles. The average Bonchev–Trinajstić information content (AvgIpc) is 2.73. The minimum absolute atomic E-state index is 0.0348. The molecule has 1 fully saturated rings. The fraction of sp³-hybridized carbons (Fsp3) is 0.652. The summed E-state index contributed by atoms with van der Waals surface area (Å²) in [6.45, 7) is 6.57. The lowest BCUT2D eigenvalue weighted by molar-refractivity contribution is 0.0156. The zero-order valence-electron chi connectivity index (χ0n) is 18.4. The first kappa shape index (κ1) is 25.0. The Labute approximate surface area is 181 Å². The van der Waals surface area contributed by atoms with E-state index in [1.54, 1.807) is 7.05 Å². The predicted octanol–water partition coefficient (Wildman–Crippen LogP) is 4.45. The van der Waals surface area contributed by atoms with Gasteiger partial charge in [-0.1, -0.05) is 18.9 Å². The average molecular weight is 441 g/mol. The second kappa shape index (κ2) is 12.5. The van der Waals surface area contributed by atoms with Gasteiger partial charge in [-0.05, 0) is 76.4 Å². The largest absolute Gasteiger partial charge is 0.378 e. The van der Waals surface area contributed by atoms with Crippen molar-refractivity contribution in [3.8, 4) is 0 Å². The van der Waals surface area contributed by atoms with Crippen LogP contribution in [0.25, 0.3) is 0 Å². The number of halogens is 1. The summed E-state index contributed by atoms with van der Waals surface area (Å²) >= 11 is 0. The van der Waals surface area contributed by atoms with Crippen LogP contribution in [0.5, 0.6) is 0 Å². The molecule has 170 valence electrons. The van der Waals surface area contributed by atoms with Crippen LogP contribution >= 0.6 is 0 Å². The molecule has 5 nitrogen and oxygen atoms in total. The quantitative estimate of drug-likeness (QED) is 0.336. The molecule has 2 rings (SSSR count). The zero-order chi connectivity index (χ0) is 22.0. The van der Waals surface area contributed by atoms with Gasteiger partial charge in [-0.2, -0.15) is 4.31 Å². The van der Waals surface area contributed by atoms with Crippen LogP contribution < -0.4 is 0 Å². The van der Waals surface area contributed by atoms with Crippen LogP contribution in [0, 0.1) is 5.82 Å². The van der Waals surface area contributed by atoms with Gasteiger partial charge in [0, 0.05) is 26.2 Å². The summed E-state index contributed by atoms with van der Waals surface area (Å²) in [5, 5.41) is 0. The van der Waals surface area contributed by atoms with Crippen LogP contribution in [-0.4, -0.2) is 63.6 Å². The van der Waals surface area contributed by atoms with Crippen molar-refractivity contribution in [2.45, 2.75) is 68.4 Å². The highest BCUT2D eigenvalue weighted by atomic mass is 32.2. The molecule has 0 unspecified atom stereocenters. The van der Waals surface area contributed by atoms with Gasteiger partial charge >= 0.3 is 0 Å². The Bertz CT molecular complexity index is 731. The number of hydrogen-bond donors (Lipinski definition) is 0. The molecule has 30 heavy (non-hydrogen) atoms. The van der Waals surface area contributed by atoms with Crippen molar-refractivity contribution in [2.24, 2.45) is 0 Å². The van der Waals surface area contributed by atoms with Crippen LogP contribution in [0.15, 0.2) is 41.8 Å². The third-order valence-electron chi connectivity index (χ3n) is 5.88. The second-order valence-corrected chi connectivity index (χ2v) is 10.2. The molecule has 1 saturated carbocycles. The van der Waals surface area contributed by atoms with Gasteiger partial charge in [-0.25, -0.2) is 12.8 Å². The summed E-state index contributed by atoms with van der Waals surface area (Å²) in [6.07, 6.45) is 10.1. The van der Waals surface area contributed by atoms with E-state index < -0.39 is 15.8 Å². The van der Waals surface area contributed by atoms with Gasteiger partial charge in [0.2, 0.25) is 10.0 Å². The van der Waals surface area contributed by atoms with Crippen LogP contribution in [0.3, 0.4) is 0 Å². The van der Waals surface area contributed by atoms with E-state index in [1.165, 1.54) is 47.8 Å². The number of hydrogen-bond acceptors (Lipinski definition) is 4. The Hall–Kier alpha value is -1.28. The SMILES string of the molecule is C=CCN(C)CCCCCCOC1CCC(N(C)S(=O)(=O)c2ccc(F)cc2)CC1. The fourth-order valence-electron chi connectivity index (χ4n) is 3.94. The summed E-state index contributed by atoms with van der Waals surface area (Å²) in [5.74, 6) is -0.436. The Morgan fingerprint density at radius 3 is 2.33 bits per heavy atom. The molecule has 0 saturated heterocycles. The summed E-state index contributed by atoms with van der Waals surface area (Å²) in [7, 11) is 0.141. The van der Waals surface area contributed by atoms with E-state index in [2.05, 4.69) is 18.5 Å². The third kappa shape index (κ3) is 7.76. The smallest absolute Gasteiger partial charge is 0.243 e. The van der Waals surface area contributed by atoms with Gasteiger partial charge in [0.15, 0.2) is 0 Å². The molecule has 0 heterocycles. The summed E-state index contributed by atoms with van der Waals surface area (Å²) < 4.78 is 46.1. The van der Waals surface area contributed by atoms with Gasteiger partial charge < -0.3 is 9.64 Å². The third-order valence-corrected chi connectivity index (χ3v) is 7.80. The highest BCUT2D eigenvalue weighted by Crippen LogP contribution is 2.28. The van der Waals surface area contributed by atoms with Crippen molar-refractivity contribution in [3.05, 3.63) is 42.7 Å². The van der Waals surface area contributed by atoms with Crippen molar-refractivity contribution < 1.29 is 17.5 Å². The molecule has 0 spiro atoms. The molecular formula is C23H37FN2O3S. The van der Waals surface area contributed by atoms with Crippen LogP contribution in [0.2, 0.25) is 0 Å². The lowest BCUT2D eigenvalue weighted by atomic mass is 9.93. The molecule has 1 aliphatic carbocycles. The summed E-state index contributed by atoms with van der Waals surface area (Å²) in [6, 6.07) is 4.99. The maximum absolute atomic E-state index is 13.1. The van der Waals surface area contributed by atoms with Crippen LogP contribution in [0.4, 0.5) is 4.39 Å². The molecule has 1 aliphatic rings. The monoisotopic (exact) mass is 440 g/mol. The summed E-state index contributed by atoms with van der Waals surface area (Å²) in [4.78, 5) is 2.41. The maximum atomic E-state index is 13.1. The van der Waals surface area contributed by atoms with Gasteiger partial charge in [-0.15, -0.1) is 6.58 Å². The van der Waals surface area contributed by atoms with E-state index in [9.17, 15) is 12.8 Å². The number of unbranched alkanes of at least 4 members (excludes halogenated alkanes) is 3. The van der Waals surface area contributed by atoms with Crippen molar-refractivity contribution in [2.75, 3.05) is 33.8 Å².